The molecule has 5 heteroatoms. The fraction of sp³-hybridized carbons (Fsp3) is 0.125. The van der Waals surface area contributed by atoms with Gasteiger partial charge in [0.05, 0.1) is 5.33 Å². The number of halogens is 1. The Labute approximate surface area is 82.5 Å². The number of fused-ring (bicyclic) bond motifs is 1. The molecule has 0 atom stereocenters. The number of rotatable bonds is 2. The van der Waals surface area contributed by atoms with Crippen molar-refractivity contribution < 1.29 is 4.79 Å². The number of H-pyrrole nitrogens is 1. The van der Waals surface area contributed by atoms with Crippen LogP contribution in [-0.2, 0) is 0 Å². The van der Waals surface area contributed by atoms with Gasteiger partial charge in [0, 0.05) is 23.3 Å². The number of nitrogens with zero attached hydrogens (tertiary/aromatic N) is 2. The average Bonchev–Trinajstić information content (AvgIpc) is 2.60. The molecular weight excluding hydrogens is 234 g/mol. The van der Waals surface area contributed by atoms with Crippen LogP contribution >= 0.6 is 15.9 Å². The zero-order valence-corrected chi connectivity index (χ0v) is 8.21. The molecule has 0 fully saturated rings. The Hall–Kier alpha value is -1.23. The number of ketones is 1. The zero-order chi connectivity index (χ0) is 9.26. The number of carbonyl (C=O) groups is 1. The van der Waals surface area contributed by atoms with Crippen LogP contribution in [0.4, 0.5) is 0 Å². The molecule has 0 aliphatic rings. The molecule has 0 radical (unpaired) electrons. The Bertz CT molecular complexity index is 451. The molecular formula is C8H6BrN3O. The first-order valence-electron chi connectivity index (χ1n) is 3.69. The Kier molecular flexibility index (Phi) is 2.10. The van der Waals surface area contributed by atoms with Crippen LogP contribution in [0.25, 0.3) is 11.0 Å². The predicted molar refractivity (Wildman–Crippen MR) is 52.0 cm³/mol. The summed E-state index contributed by atoms with van der Waals surface area (Å²) >= 11 is 3.12. The highest BCUT2D eigenvalue weighted by Gasteiger charge is 2.10. The molecule has 0 bridgehead atoms. The van der Waals surface area contributed by atoms with Crippen molar-refractivity contribution in [2.75, 3.05) is 5.33 Å². The number of Topliss-reactive ketones (excluding diaryl/α,β-unsaturated/α-hetero) is 1. The van der Waals surface area contributed by atoms with Gasteiger partial charge in [-0.25, -0.2) is 9.97 Å². The molecule has 0 saturated carbocycles. The highest BCUT2D eigenvalue weighted by Crippen LogP contribution is 2.15. The van der Waals surface area contributed by atoms with E-state index in [2.05, 4.69) is 30.9 Å². The number of nitrogens with one attached hydrogen (secondary N) is 1. The van der Waals surface area contributed by atoms with Gasteiger partial charge >= 0.3 is 0 Å². The number of aromatic nitrogens is 3. The normalized spacial score (nSPS) is 10.5. The Morgan fingerprint density at radius 2 is 2.46 bits per heavy atom. The largest absolute Gasteiger partial charge is 0.345 e. The number of hydrogen-bond donors (Lipinski definition) is 1. The van der Waals surface area contributed by atoms with E-state index in [0.717, 1.165) is 5.39 Å². The van der Waals surface area contributed by atoms with Crippen LogP contribution < -0.4 is 0 Å². The van der Waals surface area contributed by atoms with Crippen LogP contribution in [0.15, 0.2) is 18.7 Å². The fourth-order valence-corrected chi connectivity index (χ4v) is 1.46. The van der Waals surface area contributed by atoms with Crippen LogP contribution in [0.5, 0.6) is 0 Å². The summed E-state index contributed by atoms with van der Waals surface area (Å²) in [6.45, 7) is 0. The van der Waals surface area contributed by atoms with Gasteiger partial charge < -0.3 is 4.98 Å². The predicted octanol–water partition coefficient (Wildman–Crippen LogP) is 1.54. The lowest BCUT2D eigenvalue weighted by molar-refractivity contribution is 0.102. The van der Waals surface area contributed by atoms with Gasteiger partial charge in [0.1, 0.15) is 12.0 Å². The molecule has 0 aromatic carbocycles. The van der Waals surface area contributed by atoms with E-state index in [1.165, 1.54) is 6.33 Å². The monoisotopic (exact) mass is 239 g/mol. The van der Waals surface area contributed by atoms with E-state index in [-0.39, 0.29) is 5.78 Å². The van der Waals surface area contributed by atoms with Crippen LogP contribution in [0, 0.1) is 0 Å². The first-order chi connectivity index (χ1) is 6.33. The third-order valence-electron chi connectivity index (χ3n) is 1.78. The molecule has 2 heterocycles. The third-order valence-corrected chi connectivity index (χ3v) is 2.29. The van der Waals surface area contributed by atoms with Gasteiger partial charge in [0.2, 0.25) is 0 Å². The van der Waals surface area contributed by atoms with Crippen LogP contribution in [-0.4, -0.2) is 26.1 Å². The van der Waals surface area contributed by atoms with Crippen LogP contribution in [0.1, 0.15) is 10.4 Å². The first-order valence-corrected chi connectivity index (χ1v) is 4.81. The van der Waals surface area contributed by atoms with Crippen LogP contribution in [0.3, 0.4) is 0 Å². The fourth-order valence-electron chi connectivity index (χ4n) is 1.16. The molecule has 0 aliphatic carbocycles. The smallest absolute Gasteiger partial charge is 0.175 e. The van der Waals surface area contributed by atoms with Gasteiger partial charge in [-0.05, 0) is 0 Å². The van der Waals surface area contributed by atoms with Crippen LogP contribution in [0.2, 0.25) is 0 Å². The number of carbonyl (C=O) groups excluding carboxylic acids is 1. The maximum atomic E-state index is 11.4. The minimum absolute atomic E-state index is 0.0288. The number of aromatic amines is 1. The lowest BCUT2D eigenvalue weighted by Gasteiger charge is -1.91. The maximum absolute atomic E-state index is 11.4. The summed E-state index contributed by atoms with van der Waals surface area (Å²) in [4.78, 5) is 22.1. The standard InChI is InChI=1S/C8H6BrN3O/c9-1-7(13)5-3-11-8-6(5)2-10-4-12-8/h2-4H,1H2,(H,10,11,12). The molecule has 0 aliphatic heterocycles. The van der Waals surface area contributed by atoms with Crippen molar-refractivity contribution in [1.29, 1.82) is 0 Å². The van der Waals surface area contributed by atoms with Gasteiger partial charge in [-0.2, -0.15) is 0 Å². The molecule has 13 heavy (non-hydrogen) atoms. The molecule has 0 unspecified atom stereocenters. The van der Waals surface area contributed by atoms with Gasteiger partial charge in [0.25, 0.3) is 0 Å². The topological polar surface area (TPSA) is 58.6 Å². The summed E-state index contributed by atoms with van der Waals surface area (Å²) in [5, 5.41) is 1.08. The lowest BCUT2D eigenvalue weighted by atomic mass is 10.2. The maximum Gasteiger partial charge on any atom is 0.175 e. The minimum atomic E-state index is 0.0288. The van der Waals surface area contributed by atoms with E-state index in [9.17, 15) is 4.79 Å². The Morgan fingerprint density at radius 3 is 3.23 bits per heavy atom. The molecule has 0 saturated heterocycles. The van der Waals surface area contributed by atoms with Gasteiger partial charge in [-0.3, -0.25) is 4.79 Å². The molecule has 66 valence electrons. The van der Waals surface area contributed by atoms with Crippen molar-refractivity contribution in [2.45, 2.75) is 0 Å². The van der Waals surface area contributed by atoms with Gasteiger partial charge in [0.15, 0.2) is 5.78 Å². The number of hydrogen-bond acceptors (Lipinski definition) is 3. The van der Waals surface area contributed by atoms with Crippen molar-refractivity contribution in [3.63, 3.8) is 0 Å². The third kappa shape index (κ3) is 1.35. The van der Waals surface area contributed by atoms with E-state index in [0.29, 0.717) is 16.5 Å². The molecule has 2 aromatic heterocycles. The SMILES string of the molecule is O=C(CBr)c1c[nH]c2ncncc12. The van der Waals surface area contributed by atoms with Crippen molar-refractivity contribution in [3.05, 3.63) is 24.3 Å². The molecule has 0 amide bonds. The summed E-state index contributed by atoms with van der Waals surface area (Å²) in [6, 6.07) is 0. The van der Waals surface area contributed by atoms with Crippen molar-refractivity contribution in [2.24, 2.45) is 0 Å². The second kappa shape index (κ2) is 3.26. The molecule has 2 rings (SSSR count). The average molecular weight is 240 g/mol. The summed E-state index contributed by atoms with van der Waals surface area (Å²) in [5.41, 5.74) is 1.33. The van der Waals surface area contributed by atoms with Crippen molar-refractivity contribution in [3.8, 4) is 0 Å². The van der Waals surface area contributed by atoms with Crippen molar-refractivity contribution >= 4 is 32.7 Å². The highest BCUT2D eigenvalue weighted by molar-refractivity contribution is 9.09. The van der Waals surface area contributed by atoms with E-state index < -0.39 is 0 Å². The summed E-state index contributed by atoms with van der Waals surface area (Å²) in [7, 11) is 0. The number of alkyl halides is 1. The Morgan fingerprint density at radius 1 is 1.62 bits per heavy atom. The van der Waals surface area contributed by atoms with E-state index >= 15 is 0 Å². The molecule has 2 aromatic rings. The first kappa shape index (κ1) is 8.37. The lowest BCUT2D eigenvalue weighted by Crippen LogP contribution is -1.98. The van der Waals surface area contributed by atoms with E-state index in [4.69, 9.17) is 0 Å². The molecule has 4 nitrogen and oxygen atoms in total. The second-order valence-electron chi connectivity index (χ2n) is 2.54. The van der Waals surface area contributed by atoms with Gasteiger partial charge in [-0.1, -0.05) is 15.9 Å². The van der Waals surface area contributed by atoms with Gasteiger partial charge in [-0.15, -0.1) is 0 Å². The molecule has 1 N–H and O–H groups in total. The zero-order valence-electron chi connectivity index (χ0n) is 6.62. The summed E-state index contributed by atoms with van der Waals surface area (Å²) in [6.07, 6.45) is 4.74. The quantitative estimate of drug-likeness (QED) is 0.639. The summed E-state index contributed by atoms with van der Waals surface area (Å²) < 4.78 is 0. The summed E-state index contributed by atoms with van der Waals surface area (Å²) in [5.74, 6) is 0.0288. The van der Waals surface area contributed by atoms with E-state index in [1.807, 2.05) is 0 Å². The Balaban J connectivity index is 2.64. The van der Waals surface area contributed by atoms with Crippen molar-refractivity contribution in [1.82, 2.24) is 15.0 Å². The van der Waals surface area contributed by atoms with E-state index in [1.54, 1.807) is 12.4 Å². The highest BCUT2D eigenvalue weighted by atomic mass is 79.9. The second-order valence-corrected chi connectivity index (χ2v) is 3.10. The molecule has 0 spiro atoms. The minimum Gasteiger partial charge on any atom is -0.345 e.